The van der Waals surface area contributed by atoms with Gasteiger partial charge in [-0.2, -0.15) is 0 Å². The summed E-state index contributed by atoms with van der Waals surface area (Å²) in [4.78, 5) is 0. The number of halogens is 1. The molecule has 0 bridgehead atoms. The molecule has 0 amide bonds. The molecule has 0 aliphatic heterocycles. The summed E-state index contributed by atoms with van der Waals surface area (Å²) < 4.78 is 1.11. The van der Waals surface area contributed by atoms with E-state index in [0.29, 0.717) is 0 Å². The molecule has 1 heteroatoms. The Morgan fingerprint density at radius 2 is 0.868 bits per heavy atom. The van der Waals surface area contributed by atoms with E-state index >= 15 is 0 Å². The molecule has 0 atom stereocenters. The fourth-order valence-electron chi connectivity index (χ4n) is 6.89. The molecule has 0 saturated carbocycles. The molecular weight excluding hydrogens is 524 g/mol. The van der Waals surface area contributed by atoms with Crippen molar-refractivity contribution in [2.45, 2.75) is 5.41 Å². The van der Waals surface area contributed by atoms with E-state index in [1.807, 2.05) is 0 Å². The van der Waals surface area contributed by atoms with Crippen LogP contribution in [-0.4, -0.2) is 0 Å². The third-order valence-corrected chi connectivity index (χ3v) is 8.87. The van der Waals surface area contributed by atoms with Crippen LogP contribution in [0.1, 0.15) is 22.3 Å². The van der Waals surface area contributed by atoms with Crippen molar-refractivity contribution in [1.82, 2.24) is 0 Å². The van der Waals surface area contributed by atoms with Gasteiger partial charge in [0.1, 0.15) is 0 Å². The van der Waals surface area contributed by atoms with Crippen LogP contribution in [0, 0.1) is 0 Å². The van der Waals surface area contributed by atoms with Crippen LogP contribution in [0.4, 0.5) is 0 Å². The molecule has 0 radical (unpaired) electrons. The van der Waals surface area contributed by atoms with Crippen molar-refractivity contribution >= 4 is 15.9 Å². The van der Waals surface area contributed by atoms with Gasteiger partial charge in [0.2, 0.25) is 0 Å². The topological polar surface area (TPSA) is 0 Å². The van der Waals surface area contributed by atoms with Gasteiger partial charge in [0.15, 0.2) is 0 Å². The third-order valence-electron chi connectivity index (χ3n) is 8.37. The van der Waals surface area contributed by atoms with Crippen LogP contribution >= 0.6 is 15.9 Å². The molecule has 1 spiro atoms. The van der Waals surface area contributed by atoms with E-state index in [-0.39, 0.29) is 5.41 Å². The van der Waals surface area contributed by atoms with Gasteiger partial charge in [0.25, 0.3) is 0 Å². The van der Waals surface area contributed by atoms with Crippen LogP contribution in [0.5, 0.6) is 0 Å². The third kappa shape index (κ3) is 2.85. The van der Waals surface area contributed by atoms with Gasteiger partial charge < -0.3 is 0 Å². The zero-order valence-corrected chi connectivity index (χ0v) is 22.2. The second-order valence-electron chi connectivity index (χ2n) is 10.2. The minimum absolute atomic E-state index is 0.320. The smallest absolute Gasteiger partial charge is 0.0622 e. The number of hydrogen-bond acceptors (Lipinski definition) is 0. The Kier molecular flexibility index (Phi) is 4.68. The second-order valence-corrected chi connectivity index (χ2v) is 11.1. The van der Waals surface area contributed by atoms with E-state index in [4.69, 9.17) is 0 Å². The van der Waals surface area contributed by atoms with E-state index in [0.717, 1.165) is 4.47 Å². The molecule has 2 aliphatic rings. The van der Waals surface area contributed by atoms with E-state index in [1.165, 1.54) is 66.8 Å². The maximum Gasteiger partial charge on any atom is 0.0725 e. The number of fused-ring (bicyclic) bond motifs is 10. The Morgan fingerprint density at radius 1 is 0.342 bits per heavy atom. The molecule has 0 N–H and O–H groups in total. The predicted octanol–water partition coefficient (Wildman–Crippen LogP) is 10.1. The van der Waals surface area contributed by atoms with Gasteiger partial charge in [0.05, 0.1) is 5.41 Å². The average Bonchev–Trinajstić information content (AvgIpc) is 3.44. The van der Waals surface area contributed by atoms with E-state index in [1.54, 1.807) is 0 Å². The molecule has 6 aromatic carbocycles. The van der Waals surface area contributed by atoms with Crippen molar-refractivity contribution in [1.29, 1.82) is 0 Å². The predicted molar refractivity (Wildman–Crippen MR) is 161 cm³/mol. The zero-order valence-electron chi connectivity index (χ0n) is 20.7. The first-order chi connectivity index (χ1) is 18.8. The lowest BCUT2D eigenvalue weighted by Gasteiger charge is -2.30. The standard InChI is InChI=1S/C37H23Br/c38-26-19-20-31-32-22-25(28-13-5-4-12-27(28)24-10-2-1-3-11-24)18-21-35(32)37(36(31)23-26)33-16-8-6-14-29(33)30-15-7-9-17-34(30)37/h1-23H. The van der Waals surface area contributed by atoms with Gasteiger partial charge >= 0.3 is 0 Å². The molecule has 0 fully saturated rings. The van der Waals surface area contributed by atoms with Crippen molar-refractivity contribution in [3.63, 3.8) is 0 Å². The van der Waals surface area contributed by atoms with Crippen molar-refractivity contribution in [3.8, 4) is 44.5 Å². The molecule has 6 aromatic rings. The van der Waals surface area contributed by atoms with Crippen LogP contribution in [0.3, 0.4) is 0 Å². The minimum atomic E-state index is -0.320. The lowest BCUT2D eigenvalue weighted by atomic mass is 9.70. The fraction of sp³-hybridized carbons (Fsp3) is 0.0270. The largest absolute Gasteiger partial charge is 0.0725 e. The lowest BCUT2D eigenvalue weighted by Crippen LogP contribution is -2.25. The van der Waals surface area contributed by atoms with E-state index in [9.17, 15) is 0 Å². The van der Waals surface area contributed by atoms with Crippen LogP contribution in [-0.2, 0) is 5.41 Å². The average molecular weight is 547 g/mol. The van der Waals surface area contributed by atoms with Crippen molar-refractivity contribution in [2.24, 2.45) is 0 Å². The first kappa shape index (κ1) is 21.8. The quantitative estimate of drug-likeness (QED) is 0.202. The van der Waals surface area contributed by atoms with E-state index in [2.05, 4.69) is 155 Å². The molecule has 38 heavy (non-hydrogen) atoms. The highest BCUT2D eigenvalue weighted by atomic mass is 79.9. The minimum Gasteiger partial charge on any atom is -0.0622 e. The van der Waals surface area contributed by atoms with Gasteiger partial charge in [-0.15, -0.1) is 0 Å². The molecule has 0 heterocycles. The Hall–Kier alpha value is -4.20. The summed E-state index contributed by atoms with van der Waals surface area (Å²) in [7, 11) is 0. The molecule has 0 nitrogen and oxygen atoms in total. The fourth-order valence-corrected chi connectivity index (χ4v) is 7.25. The highest BCUT2D eigenvalue weighted by Gasteiger charge is 2.51. The van der Waals surface area contributed by atoms with Crippen molar-refractivity contribution in [3.05, 3.63) is 166 Å². The first-order valence-electron chi connectivity index (χ1n) is 13.1. The van der Waals surface area contributed by atoms with Crippen LogP contribution in [0.15, 0.2) is 144 Å². The first-order valence-corrected chi connectivity index (χ1v) is 13.9. The number of rotatable bonds is 2. The Morgan fingerprint density at radius 3 is 1.55 bits per heavy atom. The Labute approximate surface area is 231 Å². The van der Waals surface area contributed by atoms with Crippen LogP contribution < -0.4 is 0 Å². The summed E-state index contributed by atoms with van der Waals surface area (Å²) in [5.74, 6) is 0. The summed E-state index contributed by atoms with van der Waals surface area (Å²) in [6, 6.07) is 51.3. The van der Waals surface area contributed by atoms with Crippen molar-refractivity contribution < 1.29 is 0 Å². The van der Waals surface area contributed by atoms with Crippen LogP contribution in [0.25, 0.3) is 44.5 Å². The SMILES string of the molecule is Brc1ccc2c(c1)C1(c3ccccc3-c3ccccc31)c1ccc(-c3ccccc3-c3ccccc3)cc1-2. The Balaban J connectivity index is 1.44. The van der Waals surface area contributed by atoms with Crippen LogP contribution in [0.2, 0.25) is 0 Å². The maximum absolute atomic E-state index is 3.81. The van der Waals surface area contributed by atoms with Gasteiger partial charge in [-0.25, -0.2) is 0 Å². The number of hydrogen-bond donors (Lipinski definition) is 0. The summed E-state index contributed by atoms with van der Waals surface area (Å²) >= 11 is 3.81. The van der Waals surface area contributed by atoms with Gasteiger partial charge in [0, 0.05) is 4.47 Å². The maximum atomic E-state index is 3.81. The Bertz CT molecular complexity index is 1830. The summed E-state index contributed by atoms with van der Waals surface area (Å²) in [6.45, 7) is 0. The zero-order chi connectivity index (χ0) is 25.3. The molecule has 8 rings (SSSR count). The molecule has 0 saturated heterocycles. The molecule has 178 valence electrons. The molecule has 0 aromatic heterocycles. The highest BCUT2D eigenvalue weighted by Crippen LogP contribution is 2.63. The monoisotopic (exact) mass is 546 g/mol. The van der Waals surface area contributed by atoms with Gasteiger partial charge in [-0.05, 0) is 85.0 Å². The highest BCUT2D eigenvalue weighted by molar-refractivity contribution is 9.10. The van der Waals surface area contributed by atoms with E-state index < -0.39 is 0 Å². The van der Waals surface area contributed by atoms with Gasteiger partial charge in [-0.1, -0.05) is 137 Å². The normalized spacial score (nSPS) is 13.6. The summed E-state index contributed by atoms with van der Waals surface area (Å²) in [5.41, 5.74) is 15.4. The molecular formula is C37H23Br. The summed E-state index contributed by atoms with van der Waals surface area (Å²) in [6.07, 6.45) is 0. The second kappa shape index (κ2) is 8.15. The number of benzene rings is 6. The van der Waals surface area contributed by atoms with Gasteiger partial charge in [-0.3, -0.25) is 0 Å². The molecule has 0 unspecified atom stereocenters. The lowest BCUT2D eigenvalue weighted by molar-refractivity contribution is 0.793. The molecule has 2 aliphatic carbocycles. The summed E-state index contributed by atoms with van der Waals surface area (Å²) in [5, 5.41) is 0. The van der Waals surface area contributed by atoms with Crippen molar-refractivity contribution in [2.75, 3.05) is 0 Å².